The van der Waals surface area contributed by atoms with Crippen LogP contribution in [0.2, 0.25) is 0 Å². The molecule has 0 unspecified atom stereocenters. The molecule has 1 aliphatic heterocycles. The van der Waals surface area contributed by atoms with Crippen molar-refractivity contribution in [1.29, 1.82) is 0 Å². The minimum Gasteiger partial charge on any atom is -0.486 e. The summed E-state index contributed by atoms with van der Waals surface area (Å²) in [6, 6.07) is 12.3. The van der Waals surface area contributed by atoms with Crippen molar-refractivity contribution in [1.82, 2.24) is 10.2 Å². The van der Waals surface area contributed by atoms with E-state index in [9.17, 15) is 4.79 Å². The van der Waals surface area contributed by atoms with E-state index < -0.39 is 0 Å². The third-order valence-corrected chi connectivity index (χ3v) is 5.77. The first-order valence-electron chi connectivity index (χ1n) is 10.7. The molecule has 7 nitrogen and oxygen atoms in total. The van der Waals surface area contributed by atoms with Crippen LogP contribution in [0.3, 0.4) is 0 Å². The fraction of sp³-hybridized carbons (Fsp3) is 0.391. The topological polar surface area (TPSA) is 88.3 Å². The van der Waals surface area contributed by atoms with Gasteiger partial charge in [0.1, 0.15) is 13.2 Å². The second-order valence-electron chi connectivity index (χ2n) is 8.01. The van der Waals surface area contributed by atoms with E-state index in [2.05, 4.69) is 33.0 Å². The fourth-order valence-electron chi connectivity index (χ4n) is 4.24. The summed E-state index contributed by atoms with van der Waals surface area (Å²) in [6.07, 6.45) is 6.56. The maximum absolute atomic E-state index is 12.6. The summed E-state index contributed by atoms with van der Waals surface area (Å²) >= 11 is 0. The number of hydrogen-bond acceptors (Lipinski definition) is 5. The largest absolute Gasteiger partial charge is 0.486 e. The number of ether oxygens (including phenoxy) is 2. The number of hydrogen-bond donors (Lipinski definition) is 3. The summed E-state index contributed by atoms with van der Waals surface area (Å²) < 4.78 is 11.1. The van der Waals surface area contributed by atoms with Gasteiger partial charge in [-0.25, -0.2) is 0 Å². The van der Waals surface area contributed by atoms with Crippen molar-refractivity contribution in [2.24, 2.45) is 0 Å². The molecule has 0 saturated heterocycles. The van der Waals surface area contributed by atoms with Gasteiger partial charge in [0.15, 0.2) is 17.3 Å². The van der Waals surface area contributed by atoms with Crippen LogP contribution in [0.15, 0.2) is 36.4 Å². The van der Waals surface area contributed by atoms with E-state index in [1.165, 1.54) is 32.1 Å². The summed E-state index contributed by atoms with van der Waals surface area (Å²) in [5.74, 6) is 1.85. The highest BCUT2D eigenvalue weighted by Crippen LogP contribution is 2.31. The van der Waals surface area contributed by atoms with Crippen LogP contribution in [0.4, 0.5) is 11.5 Å². The van der Waals surface area contributed by atoms with Crippen LogP contribution >= 0.6 is 0 Å². The maximum Gasteiger partial charge on any atom is 0.230 e. The fourth-order valence-corrected chi connectivity index (χ4v) is 4.24. The maximum atomic E-state index is 12.6. The summed E-state index contributed by atoms with van der Waals surface area (Å²) in [5.41, 5.74) is 2.84. The van der Waals surface area contributed by atoms with Gasteiger partial charge in [-0.2, -0.15) is 5.10 Å². The van der Waals surface area contributed by atoms with E-state index in [1.54, 1.807) is 0 Å². The van der Waals surface area contributed by atoms with E-state index in [0.717, 1.165) is 27.9 Å². The molecule has 0 bridgehead atoms. The van der Waals surface area contributed by atoms with Gasteiger partial charge in [0.2, 0.25) is 5.91 Å². The van der Waals surface area contributed by atoms with Crippen LogP contribution in [-0.4, -0.2) is 35.4 Å². The predicted molar refractivity (Wildman–Crippen MR) is 116 cm³/mol. The molecule has 0 spiro atoms. The second-order valence-corrected chi connectivity index (χ2v) is 8.01. The molecule has 3 N–H and O–H groups in total. The van der Waals surface area contributed by atoms with Gasteiger partial charge in [-0.15, -0.1) is 0 Å². The Hall–Kier alpha value is -3.22. The zero-order valence-corrected chi connectivity index (χ0v) is 16.9. The Morgan fingerprint density at radius 3 is 2.73 bits per heavy atom. The smallest absolute Gasteiger partial charge is 0.230 e. The minimum absolute atomic E-state index is 0.120. The van der Waals surface area contributed by atoms with E-state index in [-0.39, 0.29) is 12.3 Å². The van der Waals surface area contributed by atoms with E-state index in [4.69, 9.17) is 9.47 Å². The Morgan fingerprint density at radius 2 is 1.87 bits per heavy atom. The number of aromatic nitrogens is 2. The highest BCUT2D eigenvalue weighted by Gasteiger charge is 2.16. The first-order valence-corrected chi connectivity index (χ1v) is 10.7. The molecule has 1 fully saturated rings. The van der Waals surface area contributed by atoms with Crippen molar-refractivity contribution < 1.29 is 14.3 Å². The van der Waals surface area contributed by atoms with Crippen molar-refractivity contribution in [3.63, 3.8) is 0 Å². The van der Waals surface area contributed by atoms with Gasteiger partial charge in [0.25, 0.3) is 0 Å². The monoisotopic (exact) mass is 406 g/mol. The molecular weight excluding hydrogens is 380 g/mol. The van der Waals surface area contributed by atoms with Crippen LogP contribution in [0.1, 0.15) is 37.7 Å². The van der Waals surface area contributed by atoms with Gasteiger partial charge >= 0.3 is 0 Å². The first kappa shape index (κ1) is 18.8. The number of rotatable bonds is 5. The molecule has 2 aliphatic rings. The summed E-state index contributed by atoms with van der Waals surface area (Å²) in [7, 11) is 0. The zero-order valence-electron chi connectivity index (χ0n) is 16.9. The van der Waals surface area contributed by atoms with Gasteiger partial charge < -0.3 is 20.1 Å². The Bertz CT molecular complexity index is 1060. The van der Waals surface area contributed by atoms with Gasteiger partial charge in [0.05, 0.1) is 11.9 Å². The van der Waals surface area contributed by atoms with E-state index >= 15 is 0 Å². The van der Waals surface area contributed by atoms with Crippen molar-refractivity contribution >= 4 is 28.3 Å². The normalized spacial score (nSPS) is 16.4. The van der Waals surface area contributed by atoms with Gasteiger partial charge in [-0.3, -0.25) is 9.89 Å². The lowest BCUT2D eigenvalue weighted by Crippen LogP contribution is -2.22. The molecule has 2 aromatic carbocycles. The highest BCUT2D eigenvalue weighted by atomic mass is 16.6. The number of fused-ring (bicyclic) bond motifs is 2. The summed E-state index contributed by atoms with van der Waals surface area (Å²) in [5, 5.41) is 14.8. The molecule has 1 aliphatic carbocycles. The standard InChI is InChI=1S/C23H26N4O3/c28-22(13-15-6-9-20-21(12-15)30-11-10-29-20)25-23-18-14-17(7-8-19(18)26-27-23)24-16-4-2-1-3-5-16/h6-9,12,14,16,24H,1-5,10-11,13H2,(H2,25,26,27,28). The Kier molecular flexibility index (Phi) is 5.17. The lowest BCUT2D eigenvalue weighted by molar-refractivity contribution is -0.115. The predicted octanol–water partition coefficient (Wildman–Crippen LogP) is 4.26. The molecule has 7 heteroatoms. The molecule has 156 valence electrons. The number of aromatic amines is 1. The molecule has 5 rings (SSSR count). The highest BCUT2D eigenvalue weighted by molar-refractivity contribution is 6.01. The average Bonchev–Trinajstić information content (AvgIpc) is 3.16. The summed E-state index contributed by atoms with van der Waals surface area (Å²) in [4.78, 5) is 12.6. The van der Waals surface area contributed by atoms with Crippen LogP contribution in [0.25, 0.3) is 10.9 Å². The third kappa shape index (κ3) is 4.06. The average molecular weight is 406 g/mol. The Labute approximate surface area is 175 Å². The molecule has 2 heterocycles. The van der Waals surface area contributed by atoms with E-state index in [0.29, 0.717) is 30.8 Å². The van der Waals surface area contributed by atoms with Crippen LogP contribution in [-0.2, 0) is 11.2 Å². The number of anilines is 2. The van der Waals surface area contributed by atoms with Gasteiger partial charge in [0, 0.05) is 17.1 Å². The second kappa shape index (κ2) is 8.26. The quantitative estimate of drug-likeness (QED) is 0.589. The molecule has 1 amide bonds. The lowest BCUT2D eigenvalue weighted by Gasteiger charge is -2.23. The van der Waals surface area contributed by atoms with Crippen molar-refractivity contribution in [2.45, 2.75) is 44.6 Å². The molecule has 0 radical (unpaired) electrons. The number of benzene rings is 2. The van der Waals surface area contributed by atoms with Gasteiger partial charge in [-0.1, -0.05) is 25.3 Å². The molecular formula is C23H26N4O3. The van der Waals surface area contributed by atoms with Gasteiger partial charge in [-0.05, 0) is 48.7 Å². The van der Waals surface area contributed by atoms with Crippen LogP contribution < -0.4 is 20.1 Å². The first-order chi connectivity index (χ1) is 14.7. The third-order valence-electron chi connectivity index (χ3n) is 5.77. The lowest BCUT2D eigenvalue weighted by atomic mass is 9.95. The number of nitrogens with zero attached hydrogens (tertiary/aromatic N) is 1. The number of carbonyl (C=O) groups excluding carboxylic acids is 1. The number of amides is 1. The van der Waals surface area contributed by atoms with Crippen molar-refractivity contribution in [2.75, 3.05) is 23.8 Å². The van der Waals surface area contributed by atoms with Crippen LogP contribution in [0.5, 0.6) is 11.5 Å². The van der Waals surface area contributed by atoms with Crippen LogP contribution in [0, 0.1) is 0 Å². The Balaban J connectivity index is 1.28. The molecule has 3 aromatic rings. The number of H-pyrrole nitrogens is 1. The molecule has 0 atom stereocenters. The number of nitrogens with one attached hydrogen (secondary N) is 3. The number of carbonyl (C=O) groups is 1. The molecule has 30 heavy (non-hydrogen) atoms. The van der Waals surface area contributed by atoms with Crippen molar-refractivity contribution in [3.05, 3.63) is 42.0 Å². The SMILES string of the molecule is O=C(Cc1ccc2c(c1)OCCO2)Nc1n[nH]c2ccc(NC3CCCCC3)cc12. The summed E-state index contributed by atoms with van der Waals surface area (Å²) in [6.45, 7) is 1.08. The zero-order chi connectivity index (χ0) is 20.3. The Morgan fingerprint density at radius 1 is 1.03 bits per heavy atom. The molecule has 1 saturated carbocycles. The molecule has 1 aromatic heterocycles. The van der Waals surface area contributed by atoms with Crippen molar-refractivity contribution in [3.8, 4) is 11.5 Å². The minimum atomic E-state index is -0.120. The van der Waals surface area contributed by atoms with E-state index in [1.807, 2.05) is 24.3 Å².